The van der Waals surface area contributed by atoms with E-state index in [0.29, 0.717) is 10.5 Å². The third-order valence-electron chi connectivity index (χ3n) is 3.19. The minimum atomic E-state index is -0.500. The van der Waals surface area contributed by atoms with Crippen LogP contribution in [-0.4, -0.2) is 10.7 Å². The average molecular weight is 298 g/mol. The predicted molar refractivity (Wildman–Crippen MR) is 80.8 cm³/mol. The van der Waals surface area contributed by atoms with Crippen molar-refractivity contribution < 1.29 is 9.72 Å². The third-order valence-corrected chi connectivity index (χ3v) is 4.37. The second kappa shape index (κ2) is 5.06. The molecule has 0 aliphatic carbocycles. The van der Waals surface area contributed by atoms with Crippen LogP contribution in [0.5, 0.6) is 0 Å². The Morgan fingerprint density at radius 1 is 1.10 bits per heavy atom. The number of allylic oxidation sites excluding steroid dienone is 1. The van der Waals surface area contributed by atoms with E-state index in [0.717, 1.165) is 4.90 Å². The molecule has 1 aliphatic heterocycles. The molecule has 0 atom stereocenters. The number of carbonyl (C=O) groups is 1. The molecule has 1 aliphatic rings. The molecule has 0 fully saturated rings. The van der Waals surface area contributed by atoms with Crippen LogP contribution < -0.4 is 5.73 Å². The molecule has 0 saturated heterocycles. The summed E-state index contributed by atoms with van der Waals surface area (Å²) < 4.78 is 0. The molecule has 0 aromatic heterocycles. The zero-order valence-corrected chi connectivity index (χ0v) is 11.6. The van der Waals surface area contributed by atoms with Gasteiger partial charge in [-0.25, -0.2) is 0 Å². The molecular weight excluding hydrogens is 288 g/mol. The van der Waals surface area contributed by atoms with Crippen LogP contribution in [0.4, 0.5) is 5.69 Å². The average Bonchev–Trinajstić information content (AvgIpc) is 2.84. The number of nitro groups is 1. The van der Waals surface area contributed by atoms with E-state index in [-0.39, 0.29) is 22.7 Å². The molecule has 2 aromatic rings. The van der Waals surface area contributed by atoms with Gasteiger partial charge in [-0.2, -0.15) is 0 Å². The maximum atomic E-state index is 12.4. The SMILES string of the molecule is N/C(=C1/Sc2ccccc2C1=O)c1ccccc1[N+](=O)[O-]. The first-order valence-corrected chi connectivity index (χ1v) is 6.96. The molecule has 0 spiro atoms. The number of rotatable bonds is 2. The van der Waals surface area contributed by atoms with Crippen LogP contribution in [0.15, 0.2) is 58.3 Å². The molecule has 21 heavy (non-hydrogen) atoms. The maximum Gasteiger partial charge on any atom is 0.278 e. The van der Waals surface area contributed by atoms with E-state index < -0.39 is 4.92 Å². The summed E-state index contributed by atoms with van der Waals surface area (Å²) in [7, 11) is 0. The van der Waals surface area contributed by atoms with Gasteiger partial charge in [0.15, 0.2) is 0 Å². The number of benzene rings is 2. The number of fused-ring (bicyclic) bond motifs is 1. The quantitative estimate of drug-likeness (QED) is 0.522. The number of nitrogens with two attached hydrogens (primary N) is 1. The summed E-state index contributed by atoms with van der Waals surface area (Å²) in [5, 5.41) is 11.1. The van der Waals surface area contributed by atoms with Crippen LogP contribution in [0, 0.1) is 10.1 Å². The van der Waals surface area contributed by atoms with Gasteiger partial charge in [-0.3, -0.25) is 14.9 Å². The van der Waals surface area contributed by atoms with Gasteiger partial charge in [0.25, 0.3) is 5.69 Å². The van der Waals surface area contributed by atoms with Crippen molar-refractivity contribution >= 4 is 28.9 Å². The Balaban J connectivity index is 2.14. The van der Waals surface area contributed by atoms with Crippen LogP contribution >= 0.6 is 11.8 Å². The molecular formula is C15H10N2O3S. The highest BCUT2D eigenvalue weighted by molar-refractivity contribution is 8.05. The zero-order chi connectivity index (χ0) is 15.0. The van der Waals surface area contributed by atoms with Crippen LogP contribution in [0.25, 0.3) is 5.70 Å². The van der Waals surface area contributed by atoms with E-state index in [1.807, 2.05) is 12.1 Å². The van der Waals surface area contributed by atoms with Gasteiger partial charge in [0, 0.05) is 16.5 Å². The number of hydrogen-bond donors (Lipinski definition) is 1. The van der Waals surface area contributed by atoms with E-state index >= 15 is 0 Å². The van der Waals surface area contributed by atoms with Gasteiger partial charge in [0.1, 0.15) is 0 Å². The number of ketones is 1. The first kappa shape index (κ1) is 13.4. The minimum absolute atomic E-state index is 0.105. The van der Waals surface area contributed by atoms with Crippen molar-refractivity contribution in [1.29, 1.82) is 0 Å². The summed E-state index contributed by atoms with van der Waals surface area (Å²) in [4.78, 5) is 24.1. The minimum Gasteiger partial charge on any atom is -0.397 e. The summed E-state index contributed by atoms with van der Waals surface area (Å²) in [5.74, 6) is -0.189. The molecule has 1 heterocycles. The van der Waals surface area contributed by atoms with Crippen molar-refractivity contribution in [2.45, 2.75) is 4.90 Å². The Labute approximate surface area is 124 Å². The first-order chi connectivity index (χ1) is 10.1. The molecule has 2 aromatic carbocycles. The molecule has 2 N–H and O–H groups in total. The molecule has 0 unspecified atom stereocenters. The second-order valence-corrected chi connectivity index (χ2v) is 5.50. The van der Waals surface area contributed by atoms with Gasteiger partial charge in [-0.05, 0) is 18.2 Å². The Morgan fingerprint density at radius 2 is 1.76 bits per heavy atom. The highest BCUT2D eigenvalue weighted by Crippen LogP contribution is 2.43. The Kier molecular flexibility index (Phi) is 3.23. The molecule has 0 radical (unpaired) electrons. The number of carbonyl (C=O) groups excluding carboxylic acids is 1. The van der Waals surface area contributed by atoms with Crippen molar-refractivity contribution in [3.8, 4) is 0 Å². The van der Waals surface area contributed by atoms with Gasteiger partial charge in [-0.15, -0.1) is 0 Å². The molecule has 3 rings (SSSR count). The lowest BCUT2D eigenvalue weighted by Gasteiger charge is -2.05. The summed E-state index contributed by atoms with van der Waals surface area (Å²) in [6.45, 7) is 0. The van der Waals surface area contributed by atoms with Gasteiger partial charge in [0.05, 0.1) is 21.1 Å². The molecule has 5 nitrogen and oxygen atoms in total. The summed E-state index contributed by atoms with van der Waals surface area (Å²) in [5.41, 5.74) is 6.94. The van der Waals surface area contributed by atoms with Gasteiger partial charge >= 0.3 is 0 Å². The maximum absolute atomic E-state index is 12.4. The predicted octanol–water partition coefficient (Wildman–Crippen LogP) is 3.21. The topological polar surface area (TPSA) is 86.2 Å². The molecule has 0 amide bonds. The largest absolute Gasteiger partial charge is 0.397 e. The standard InChI is InChI=1S/C15H10N2O3S/c16-13(9-5-1-3-7-11(9)17(19)20)15-14(18)10-6-2-4-8-12(10)21-15/h1-8H,16H2/b15-13+. The van der Waals surface area contributed by atoms with E-state index in [2.05, 4.69) is 0 Å². The fraction of sp³-hybridized carbons (Fsp3) is 0. The number of nitrogens with zero attached hydrogens (tertiary/aromatic N) is 1. The van der Waals surface area contributed by atoms with Crippen molar-refractivity contribution in [1.82, 2.24) is 0 Å². The van der Waals surface area contributed by atoms with Crippen LogP contribution in [-0.2, 0) is 0 Å². The van der Waals surface area contributed by atoms with Crippen LogP contribution in [0.1, 0.15) is 15.9 Å². The van der Waals surface area contributed by atoms with Crippen LogP contribution in [0.3, 0.4) is 0 Å². The van der Waals surface area contributed by atoms with Crippen molar-refractivity contribution in [3.05, 3.63) is 74.7 Å². The van der Waals surface area contributed by atoms with Crippen molar-refractivity contribution in [3.63, 3.8) is 0 Å². The highest BCUT2D eigenvalue weighted by atomic mass is 32.2. The van der Waals surface area contributed by atoms with Crippen LogP contribution in [0.2, 0.25) is 0 Å². The number of hydrogen-bond acceptors (Lipinski definition) is 5. The number of para-hydroxylation sites is 1. The summed E-state index contributed by atoms with van der Waals surface area (Å²) in [6.07, 6.45) is 0. The normalized spacial score (nSPS) is 15.7. The summed E-state index contributed by atoms with van der Waals surface area (Å²) >= 11 is 1.25. The lowest BCUT2D eigenvalue weighted by Crippen LogP contribution is -2.07. The van der Waals surface area contributed by atoms with E-state index in [4.69, 9.17) is 5.73 Å². The highest BCUT2D eigenvalue weighted by Gasteiger charge is 2.29. The molecule has 0 saturated carbocycles. The van der Waals surface area contributed by atoms with E-state index in [9.17, 15) is 14.9 Å². The van der Waals surface area contributed by atoms with Crippen molar-refractivity contribution in [2.75, 3.05) is 0 Å². The van der Waals surface area contributed by atoms with E-state index in [1.165, 1.54) is 17.8 Å². The molecule has 104 valence electrons. The van der Waals surface area contributed by atoms with E-state index in [1.54, 1.807) is 30.3 Å². The summed E-state index contributed by atoms with van der Waals surface area (Å²) in [6, 6.07) is 13.3. The third kappa shape index (κ3) is 2.19. The Bertz CT molecular complexity index is 799. The number of thioether (sulfide) groups is 1. The Hall–Kier alpha value is -2.60. The molecule has 0 bridgehead atoms. The lowest BCUT2D eigenvalue weighted by molar-refractivity contribution is -0.385. The molecule has 6 heteroatoms. The monoisotopic (exact) mass is 298 g/mol. The van der Waals surface area contributed by atoms with Gasteiger partial charge in [-0.1, -0.05) is 36.0 Å². The van der Waals surface area contributed by atoms with Gasteiger partial charge < -0.3 is 5.73 Å². The fourth-order valence-corrected chi connectivity index (χ4v) is 3.24. The number of nitro benzene ring substituents is 1. The Morgan fingerprint density at radius 3 is 2.48 bits per heavy atom. The second-order valence-electron chi connectivity index (χ2n) is 4.44. The zero-order valence-electron chi connectivity index (χ0n) is 10.8. The van der Waals surface area contributed by atoms with Crippen molar-refractivity contribution in [2.24, 2.45) is 5.73 Å². The first-order valence-electron chi connectivity index (χ1n) is 6.14. The fourth-order valence-electron chi connectivity index (χ4n) is 2.18. The van der Waals surface area contributed by atoms with Gasteiger partial charge in [0.2, 0.25) is 5.78 Å². The smallest absolute Gasteiger partial charge is 0.278 e. The lowest BCUT2D eigenvalue weighted by atomic mass is 10.1. The number of Topliss-reactive ketones (excluding diaryl/α,β-unsaturated/α-hetero) is 1.